The maximum absolute atomic E-state index is 11.3. The molecule has 4 aliphatic carbocycles. The number of fused-ring (bicyclic) bond motifs is 5. The lowest BCUT2D eigenvalue weighted by molar-refractivity contribution is -0.203. The molecule has 3 heteroatoms. The molecule has 0 amide bonds. The summed E-state index contributed by atoms with van der Waals surface area (Å²) in [7, 11) is 0. The highest BCUT2D eigenvalue weighted by Crippen LogP contribution is 2.71. The predicted molar refractivity (Wildman–Crippen MR) is 99.0 cm³/mol. The van der Waals surface area contributed by atoms with Gasteiger partial charge in [-0.3, -0.25) is 0 Å². The van der Waals surface area contributed by atoms with Gasteiger partial charge in [0.25, 0.3) is 0 Å². The minimum Gasteiger partial charge on any atom is -0.393 e. The lowest BCUT2D eigenvalue weighted by Crippen LogP contribution is -2.61. The van der Waals surface area contributed by atoms with E-state index in [1.54, 1.807) is 6.92 Å². The van der Waals surface area contributed by atoms with Crippen LogP contribution in [0, 0.1) is 34.0 Å². The van der Waals surface area contributed by atoms with Crippen LogP contribution < -0.4 is 0 Å². The molecule has 4 aliphatic rings. The van der Waals surface area contributed by atoms with Crippen molar-refractivity contribution < 1.29 is 15.3 Å². The van der Waals surface area contributed by atoms with Crippen LogP contribution >= 0.6 is 0 Å². The summed E-state index contributed by atoms with van der Waals surface area (Å²) in [5.74, 6) is 1.94. The highest BCUT2D eigenvalue weighted by atomic mass is 16.3. The molecule has 3 nitrogen and oxygen atoms in total. The van der Waals surface area contributed by atoms with Crippen LogP contribution in [0.15, 0.2) is 0 Å². The fourth-order valence-corrected chi connectivity index (χ4v) is 8.35. The normalized spacial score (nSPS) is 59.6. The third-order valence-corrected chi connectivity index (χ3v) is 10.3. The standard InChI is InChI=1S/C22H38O3/c1-14(23)22(25)12-8-18-16-6-9-19(2)13-15(24)5-10-20(19,3)17(16)7-11-21(18,22)4/h14-18,23-25H,5-13H2,1-4H3/t14-,15-,16+,17-,18-,19-,20+,21-,22-/m0/s1. The maximum Gasteiger partial charge on any atom is 0.0958 e. The van der Waals surface area contributed by atoms with E-state index in [1.165, 1.54) is 19.3 Å². The van der Waals surface area contributed by atoms with Gasteiger partial charge < -0.3 is 15.3 Å². The molecule has 9 atom stereocenters. The van der Waals surface area contributed by atoms with Crippen LogP contribution in [0.5, 0.6) is 0 Å². The molecule has 0 aromatic carbocycles. The molecule has 4 fully saturated rings. The van der Waals surface area contributed by atoms with Gasteiger partial charge in [0.1, 0.15) is 0 Å². The zero-order chi connectivity index (χ0) is 18.3. The minimum atomic E-state index is -0.910. The predicted octanol–water partition coefficient (Wildman–Crippen LogP) is 3.89. The molecule has 0 unspecified atom stereocenters. The van der Waals surface area contributed by atoms with Crippen LogP contribution in [0.1, 0.15) is 85.5 Å². The summed E-state index contributed by atoms with van der Waals surface area (Å²) in [4.78, 5) is 0. The monoisotopic (exact) mass is 350 g/mol. The van der Waals surface area contributed by atoms with Crippen molar-refractivity contribution in [2.24, 2.45) is 34.0 Å². The van der Waals surface area contributed by atoms with Crippen LogP contribution in [-0.4, -0.2) is 33.1 Å². The number of rotatable bonds is 1. The summed E-state index contributed by atoms with van der Waals surface area (Å²) >= 11 is 0. The van der Waals surface area contributed by atoms with Crippen molar-refractivity contribution in [3.05, 3.63) is 0 Å². The molecule has 0 heterocycles. The summed E-state index contributed by atoms with van der Waals surface area (Å²) in [6.45, 7) is 8.98. The molecular weight excluding hydrogens is 312 g/mol. The van der Waals surface area contributed by atoms with E-state index in [0.717, 1.165) is 38.5 Å². The lowest BCUT2D eigenvalue weighted by atomic mass is 9.40. The first kappa shape index (κ1) is 18.3. The van der Waals surface area contributed by atoms with E-state index in [-0.39, 0.29) is 16.9 Å². The van der Waals surface area contributed by atoms with Gasteiger partial charge in [-0.15, -0.1) is 0 Å². The Bertz CT molecular complexity index is 547. The van der Waals surface area contributed by atoms with Crippen LogP contribution in [0.3, 0.4) is 0 Å². The Morgan fingerprint density at radius 1 is 0.840 bits per heavy atom. The fraction of sp³-hybridized carbons (Fsp3) is 1.00. The van der Waals surface area contributed by atoms with Gasteiger partial charge in [0, 0.05) is 5.41 Å². The fourth-order valence-electron chi connectivity index (χ4n) is 8.35. The number of hydrogen-bond acceptors (Lipinski definition) is 3. The summed E-state index contributed by atoms with van der Waals surface area (Å²) in [6, 6.07) is 0. The third-order valence-electron chi connectivity index (χ3n) is 10.3. The van der Waals surface area contributed by atoms with E-state index >= 15 is 0 Å². The molecule has 25 heavy (non-hydrogen) atoms. The molecule has 144 valence electrons. The zero-order valence-corrected chi connectivity index (χ0v) is 16.6. The first-order valence-electron chi connectivity index (χ1n) is 10.7. The molecule has 3 N–H and O–H groups in total. The largest absolute Gasteiger partial charge is 0.393 e. The van der Waals surface area contributed by atoms with Crippen molar-refractivity contribution in [1.82, 2.24) is 0 Å². The molecule has 0 aromatic rings. The number of aliphatic hydroxyl groups is 3. The Hall–Kier alpha value is -0.120. The van der Waals surface area contributed by atoms with E-state index in [2.05, 4.69) is 20.8 Å². The smallest absolute Gasteiger partial charge is 0.0958 e. The highest BCUT2D eigenvalue weighted by molar-refractivity contribution is 5.16. The van der Waals surface area contributed by atoms with Gasteiger partial charge in [0.05, 0.1) is 17.8 Å². The second kappa shape index (κ2) is 5.45. The molecule has 0 aliphatic heterocycles. The molecule has 4 rings (SSSR count). The average molecular weight is 351 g/mol. The van der Waals surface area contributed by atoms with Gasteiger partial charge in [-0.2, -0.15) is 0 Å². The van der Waals surface area contributed by atoms with Gasteiger partial charge >= 0.3 is 0 Å². The first-order chi connectivity index (χ1) is 11.6. The Labute approximate surface area is 153 Å². The summed E-state index contributed by atoms with van der Waals surface area (Å²) in [5.41, 5.74) is -0.464. The molecule has 0 spiro atoms. The van der Waals surface area contributed by atoms with Gasteiger partial charge in [-0.05, 0) is 93.3 Å². The molecule has 0 aromatic heterocycles. The quantitative estimate of drug-likeness (QED) is 0.672. The number of aliphatic hydroxyl groups excluding tert-OH is 2. The Morgan fingerprint density at radius 2 is 1.44 bits per heavy atom. The van der Waals surface area contributed by atoms with Gasteiger partial charge in [0.2, 0.25) is 0 Å². The summed E-state index contributed by atoms with van der Waals surface area (Å²) in [6.07, 6.45) is 8.78. The van der Waals surface area contributed by atoms with Gasteiger partial charge in [0.15, 0.2) is 0 Å². The second-order valence-corrected chi connectivity index (χ2v) is 10.9. The van der Waals surface area contributed by atoms with Gasteiger partial charge in [-0.1, -0.05) is 20.8 Å². The molecule has 0 bridgehead atoms. The molecular formula is C22H38O3. The second-order valence-electron chi connectivity index (χ2n) is 10.9. The van der Waals surface area contributed by atoms with E-state index in [1.807, 2.05) is 0 Å². The topological polar surface area (TPSA) is 60.7 Å². The van der Waals surface area contributed by atoms with Crippen molar-refractivity contribution in [3.8, 4) is 0 Å². The van der Waals surface area contributed by atoms with E-state index in [4.69, 9.17) is 0 Å². The lowest BCUT2D eigenvalue weighted by Gasteiger charge is -2.65. The Kier molecular flexibility index (Phi) is 3.98. The van der Waals surface area contributed by atoms with E-state index in [9.17, 15) is 15.3 Å². The van der Waals surface area contributed by atoms with Crippen molar-refractivity contribution in [2.75, 3.05) is 0 Å². The maximum atomic E-state index is 11.3. The average Bonchev–Trinajstić information content (AvgIpc) is 2.82. The van der Waals surface area contributed by atoms with Gasteiger partial charge in [-0.25, -0.2) is 0 Å². The van der Waals surface area contributed by atoms with Crippen LogP contribution in [0.4, 0.5) is 0 Å². The summed E-state index contributed by atoms with van der Waals surface area (Å²) < 4.78 is 0. The minimum absolute atomic E-state index is 0.115. The summed E-state index contributed by atoms with van der Waals surface area (Å²) in [5, 5.41) is 31.9. The van der Waals surface area contributed by atoms with E-state index in [0.29, 0.717) is 23.2 Å². The molecule has 0 saturated heterocycles. The van der Waals surface area contributed by atoms with Crippen molar-refractivity contribution in [3.63, 3.8) is 0 Å². The molecule has 0 radical (unpaired) electrons. The zero-order valence-electron chi connectivity index (χ0n) is 16.6. The highest BCUT2D eigenvalue weighted by Gasteiger charge is 2.67. The van der Waals surface area contributed by atoms with Crippen LogP contribution in [0.25, 0.3) is 0 Å². The first-order valence-corrected chi connectivity index (χ1v) is 10.7. The Morgan fingerprint density at radius 3 is 2.12 bits per heavy atom. The number of hydrogen-bond donors (Lipinski definition) is 3. The van der Waals surface area contributed by atoms with Crippen LogP contribution in [-0.2, 0) is 0 Å². The van der Waals surface area contributed by atoms with Crippen molar-refractivity contribution in [2.45, 2.75) is 103 Å². The SMILES string of the molecule is C[C@H](O)[C@@]1(O)CC[C@H]2[C@@H]3CC[C@@]4(C)C[C@@H](O)CC[C@]4(C)[C@H]3CC[C@@]21C. The van der Waals surface area contributed by atoms with Crippen molar-refractivity contribution in [1.29, 1.82) is 0 Å². The van der Waals surface area contributed by atoms with E-state index < -0.39 is 11.7 Å². The van der Waals surface area contributed by atoms with Crippen LogP contribution in [0.2, 0.25) is 0 Å². The molecule has 4 saturated carbocycles. The van der Waals surface area contributed by atoms with Crippen molar-refractivity contribution >= 4 is 0 Å². The Balaban J connectivity index is 1.67. The third kappa shape index (κ3) is 2.15.